The van der Waals surface area contributed by atoms with E-state index in [1.807, 2.05) is 6.07 Å². The second-order valence-electron chi connectivity index (χ2n) is 5.85. The summed E-state index contributed by atoms with van der Waals surface area (Å²) < 4.78 is 5.63. The standard InChI is InChI=1S/C16H18N6O2/c17-6-10-7-22(3-4-24-10)16-13-11-2-1-9(14(18)23)5-12(11)21-15(13)19-8-20-16/h1-2,5,8,10H,3-4,6-7,17H2,(H2,18,23)(H,19,20,21). The Hall–Kier alpha value is -2.71. The monoisotopic (exact) mass is 326 g/mol. The summed E-state index contributed by atoms with van der Waals surface area (Å²) in [4.78, 5) is 25.6. The number of hydrogen-bond acceptors (Lipinski definition) is 6. The van der Waals surface area contributed by atoms with E-state index in [9.17, 15) is 4.79 Å². The highest BCUT2D eigenvalue weighted by Crippen LogP contribution is 2.32. The molecule has 124 valence electrons. The van der Waals surface area contributed by atoms with E-state index in [2.05, 4.69) is 19.9 Å². The van der Waals surface area contributed by atoms with Crippen molar-refractivity contribution in [3.8, 4) is 0 Å². The van der Waals surface area contributed by atoms with Gasteiger partial charge < -0.3 is 26.1 Å². The number of nitrogens with one attached hydrogen (secondary N) is 1. The molecular formula is C16H18N6O2. The van der Waals surface area contributed by atoms with E-state index >= 15 is 0 Å². The van der Waals surface area contributed by atoms with Crippen LogP contribution in [0.15, 0.2) is 24.5 Å². The number of amides is 1. The zero-order valence-electron chi connectivity index (χ0n) is 13.0. The number of morpholine rings is 1. The van der Waals surface area contributed by atoms with E-state index in [-0.39, 0.29) is 6.10 Å². The number of primary amides is 1. The Morgan fingerprint density at radius 2 is 2.29 bits per heavy atom. The Bertz CT molecular complexity index is 921. The maximum absolute atomic E-state index is 11.4. The second kappa shape index (κ2) is 5.73. The van der Waals surface area contributed by atoms with Crippen LogP contribution in [0.25, 0.3) is 21.9 Å². The van der Waals surface area contributed by atoms with Gasteiger partial charge in [-0.1, -0.05) is 6.07 Å². The van der Waals surface area contributed by atoms with Crippen LogP contribution in [0.4, 0.5) is 5.82 Å². The molecule has 0 spiro atoms. The van der Waals surface area contributed by atoms with Crippen LogP contribution < -0.4 is 16.4 Å². The molecule has 4 rings (SSSR count). The van der Waals surface area contributed by atoms with Gasteiger partial charge in [-0.3, -0.25) is 4.79 Å². The molecule has 5 N–H and O–H groups in total. The number of H-pyrrole nitrogens is 1. The van der Waals surface area contributed by atoms with Gasteiger partial charge in [0.15, 0.2) is 0 Å². The summed E-state index contributed by atoms with van der Waals surface area (Å²) in [7, 11) is 0. The van der Waals surface area contributed by atoms with Crippen LogP contribution in [0.2, 0.25) is 0 Å². The van der Waals surface area contributed by atoms with E-state index < -0.39 is 5.91 Å². The molecule has 0 saturated carbocycles. The van der Waals surface area contributed by atoms with Crippen molar-refractivity contribution in [1.29, 1.82) is 0 Å². The van der Waals surface area contributed by atoms with Crippen LogP contribution >= 0.6 is 0 Å². The van der Waals surface area contributed by atoms with Crippen molar-refractivity contribution >= 4 is 33.7 Å². The highest BCUT2D eigenvalue weighted by atomic mass is 16.5. The van der Waals surface area contributed by atoms with Crippen LogP contribution in [0.1, 0.15) is 10.4 Å². The molecule has 24 heavy (non-hydrogen) atoms. The number of aromatic nitrogens is 3. The molecule has 1 amide bonds. The minimum atomic E-state index is -0.458. The molecule has 1 unspecified atom stereocenters. The number of aromatic amines is 1. The summed E-state index contributed by atoms with van der Waals surface area (Å²) in [5, 5.41) is 1.89. The van der Waals surface area contributed by atoms with Crippen molar-refractivity contribution in [2.75, 3.05) is 31.1 Å². The second-order valence-corrected chi connectivity index (χ2v) is 5.85. The molecule has 1 aliphatic rings. The quantitative estimate of drug-likeness (QED) is 0.639. The molecule has 1 atom stereocenters. The van der Waals surface area contributed by atoms with Gasteiger partial charge in [-0.15, -0.1) is 0 Å². The molecule has 0 aliphatic carbocycles. The summed E-state index contributed by atoms with van der Waals surface area (Å²) in [5.74, 6) is 0.389. The van der Waals surface area contributed by atoms with Gasteiger partial charge >= 0.3 is 0 Å². The Labute approximate surface area is 137 Å². The van der Waals surface area contributed by atoms with Crippen molar-refractivity contribution < 1.29 is 9.53 Å². The highest BCUT2D eigenvalue weighted by molar-refractivity contribution is 6.12. The van der Waals surface area contributed by atoms with E-state index in [1.54, 1.807) is 12.1 Å². The normalized spacial score (nSPS) is 18.4. The fraction of sp³-hybridized carbons (Fsp3) is 0.312. The first-order chi connectivity index (χ1) is 11.7. The van der Waals surface area contributed by atoms with Gasteiger partial charge in [0.05, 0.1) is 18.1 Å². The Morgan fingerprint density at radius 1 is 1.42 bits per heavy atom. The molecule has 0 bridgehead atoms. The topological polar surface area (TPSA) is 123 Å². The Morgan fingerprint density at radius 3 is 3.08 bits per heavy atom. The van der Waals surface area contributed by atoms with Gasteiger partial charge in [-0.2, -0.15) is 0 Å². The molecule has 1 fully saturated rings. The molecule has 3 aromatic rings. The minimum absolute atomic E-state index is 0.00423. The van der Waals surface area contributed by atoms with Crippen molar-refractivity contribution in [2.24, 2.45) is 11.5 Å². The molecule has 2 aromatic heterocycles. The van der Waals surface area contributed by atoms with Crippen LogP contribution in [0.5, 0.6) is 0 Å². The van der Waals surface area contributed by atoms with Crippen LogP contribution in [-0.4, -0.2) is 53.2 Å². The first kappa shape index (κ1) is 14.9. The van der Waals surface area contributed by atoms with Gasteiger partial charge in [-0.25, -0.2) is 9.97 Å². The van der Waals surface area contributed by atoms with Gasteiger partial charge in [-0.05, 0) is 12.1 Å². The molecule has 1 saturated heterocycles. The average molecular weight is 326 g/mol. The predicted molar refractivity (Wildman–Crippen MR) is 90.9 cm³/mol. The highest BCUT2D eigenvalue weighted by Gasteiger charge is 2.23. The molecule has 1 aliphatic heterocycles. The molecule has 0 radical (unpaired) electrons. The summed E-state index contributed by atoms with van der Waals surface area (Å²) in [6.07, 6.45) is 1.53. The van der Waals surface area contributed by atoms with Crippen LogP contribution in [0.3, 0.4) is 0 Å². The Balaban J connectivity index is 1.87. The number of rotatable bonds is 3. The molecule has 8 nitrogen and oxygen atoms in total. The molecule has 3 heterocycles. The smallest absolute Gasteiger partial charge is 0.248 e. The van der Waals surface area contributed by atoms with E-state index in [0.717, 1.165) is 34.3 Å². The molecule has 8 heteroatoms. The van der Waals surface area contributed by atoms with Crippen molar-refractivity contribution in [3.63, 3.8) is 0 Å². The maximum atomic E-state index is 11.4. The van der Waals surface area contributed by atoms with Gasteiger partial charge in [0.2, 0.25) is 5.91 Å². The number of anilines is 1. The number of benzene rings is 1. The number of carbonyl (C=O) groups is 1. The minimum Gasteiger partial charge on any atom is -0.373 e. The number of fused-ring (bicyclic) bond motifs is 3. The number of nitrogens with zero attached hydrogens (tertiary/aromatic N) is 3. The van der Waals surface area contributed by atoms with Crippen LogP contribution in [0, 0.1) is 0 Å². The lowest BCUT2D eigenvalue weighted by molar-refractivity contribution is 0.0464. The molecular weight excluding hydrogens is 308 g/mol. The van der Waals surface area contributed by atoms with Crippen LogP contribution in [-0.2, 0) is 4.74 Å². The van der Waals surface area contributed by atoms with Gasteiger partial charge in [0.25, 0.3) is 0 Å². The summed E-state index contributed by atoms with van der Waals surface area (Å²) in [6, 6.07) is 5.34. The summed E-state index contributed by atoms with van der Waals surface area (Å²) >= 11 is 0. The number of carbonyl (C=O) groups excluding carboxylic acids is 1. The maximum Gasteiger partial charge on any atom is 0.248 e. The van der Waals surface area contributed by atoms with E-state index in [1.165, 1.54) is 6.33 Å². The third kappa shape index (κ3) is 2.36. The van der Waals surface area contributed by atoms with Crippen molar-refractivity contribution in [2.45, 2.75) is 6.10 Å². The first-order valence-corrected chi connectivity index (χ1v) is 7.80. The molecule has 1 aromatic carbocycles. The fourth-order valence-corrected chi connectivity index (χ4v) is 3.16. The largest absolute Gasteiger partial charge is 0.373 e. The lowest BCUT2D eigenvalue weighted by Gasteiger charge is -2.33. The lowest BCUT2D eigenvalue weighted by atomic mass is 10.1. The number of hydrogen-bond donors (Lipinski definition) is 3. The summed E-state index contributed by atoms with van der Waals surface area (Å²) in [6.45, 7) is 2.52. The third-order valence-corrected chi connectivity index (χ3v) is 4.35. The summed E-state index contributed by atoms with van der Waals surface area (Å²) in [5.41, 5.74) is 13.1. The average Bonchev–Trinajstić information content (AvgIpc) is 2.99. The first-order valence-electron chi connectivity index (χ1n) is 7.80. The number of nitrogens with two attached hydrogens (primary N) is 2. The van der Waals surface area contributed by atoms with E-state index in [0.29, 0.717) is 25.3 Å². The van der Waals surface area contributed by atoms with Crippen molar-refractivity contribution in [1.82, 2.24) is 15.0 Å². The zero-order chi connectivity index (χ0) is 16.7. The Kier molecular flexibility index (Phi) is 3.55. The third-order valence-electron chi connectivity index (χ3n) is 4.35. The predicted octanol–water partition coefficient (Wildman–Crippen LogP) is 0.374. The van der Waals surface area contributed by atoms with Crippen molar-refractivity contribution in [3.05, 3.63) is 30.1 Å². The van der Waals surface area contributed by atoms with Gasteiger partial charge in [0.1, 0.15) is 17.8 Å². The van der Waals surface area contributed by atoms with E-state index in [4.69, 9.17) is 16.2 Å². The fourth-order valence-electron chi connectivity index (χ4n) is 3.16. The van der Waals surface area contributed by atoms with Gasteiger partial charge in [0, 0.05) is 36.1 Å². The number of ether oxygens (including phenoxy) is 1. The zero-order valence-corrected chi connectivity index (χ0v) is 13.0. The SMILES string of the molecule is NCC1CN(c2ncnc3[nH]c4cc(C(N)=O)ccc4c23)CCO1. The lowest BCUT2D eigenvalue weighted by Crippen LogP contribution is -2.46.